The highest BCUT2D eigenvalue weighted by atomic mass is 16.6. The first-order valence-corrected chi connectivity index (χ1v) is 4.59. The Hall–Kier alpha value is -1.42. The van der Waals surface area contributed by atoms with E-state index in [9.17, 15) is 10.1 Å². The molecule has 1 unspecified atom stereocenters. The molecular weight excluding hydrogens is 182 g/mol. The molecule has 1 saturated heterocycles. The van der Waals surface area contributed by atoms with Crippen LogP contribution in [0.25, 0.3) is 0 Å². The lowest BCUT2D eigenvalue weighted by Gasteiger charge is -2.06. The Morgan fingerprint density at radius 3 is 2.57 bits per heavy atom. The Morgan fingerprint density at radius 1 is 1.36 bits per heavy atom. The zero-order chi connectivity index (χ0) is 9.97. The highest BCUT2D eigenvalue weighted by Crippen LogP contribution is 2.26. The minimum atomic E-state index is -0.380. The number of hydrogen-bond donors (Lipinski definition) is 0. The van der Waals surface area contributed by atoms with Crippen LogP contribution < -0.4 is 0 Å². The van der Waals surface area contributed by atoms with Crippen LogP contribution in [0.15, 0.2) is 24.3 Å². The lowest BCUT2D eigenvalue weighted by molar-refractivity contribution is -0.384. The summed E-state index contributed by atoms with van der Waals surface area (Å²) in [6.07, 6.45) is 1.01. The van der Waals surface area contributed by atoms with Crippen molar-refractivity contribution in [2.24, 2.45) is 0 Å². The van der Waals surface area contributed by atoms with Crippen molar-refractivity contribution in [2.45, 2.75) is 12.3 Å². The second-order valence-electron chi connectivity index (χ2n) is 3.41. The van der Waals surface area contributed by atoms with Crippen molar-refractivity contribution < 1.29 is 9.66 Å². The van der Waals surface area contributed by atoms with Gasteiger partial charge in [0.2, 0.25) is 0 Å². The van der Waals surface area contributed by atoms with E-state index in [1.165, 1.54) is 0 Å². The number of nitro groups is 1. The highest BCUT2D eigenvalue weighted by Gasteiger charge is 2.18. The van der Waals surface area contributed by atoms with Crippen molar-refractivity contribution in [1.29, 1.82) is 0 Å². The maximum atomic E-state index is 10.4. The van der Waals surface area contributed by atoms with Gasteiger partial charge in [0.15, 0.2) is 0 Å². The van der Waals surface area contributed by atoms with Gasteiger partial charge in [-0.25, -0.2) is 0 Å². The Labute approximate surface area is 81.7 Å². The number of hydrogen-bond acceptors (Lipinski definition) is 3. The van der Waals surface area contributed by atoms with Gasteiger partial charge in [-0.3, -0.25) is 10.1 Å². The predicted octanol–water partition coefficient (Wildman–Crippen LogP) is 2.10. The van der Waals surface area contributed by atoms with E-state index < -0.39 is 0 Å². The average molecular weight is 193 g/mol. The van der Waals surface area contributed by atoms with Crippen LogP contribution in [0.1, 0.15) is 17.9 Å². The molecule has 14 heavy (non-hydrogen) atoms. The summed E-state index contributed by atoms with van der Waals surface area (Å²) in [6.45, 7) is 1.53. The Bertz CT molecular complexity index is 328. The number of nitro benzene ring substituents is 1. The van der Waals surface area contributed by atoms with Gasteiger partial charge in [0.1, 0.15) is 0 Å². The second kappa shape index (κ2) is 3.75. The number of non-ortho nitro benzene ring substituents is 1. The maximum Gasteiger partial charge on any atom is 0.269 e. The fraction of sp³-hybridized carbons (Fsp3) is 0.400. The van der Waals surface area contributed by atoms with E-state index in [4.69, 9.17) is 4.74 Å². The third-order valence-corrected chi connectivity index (χ3v) is 2.50. The topological polar surface area (TPSA) is 52.4 Å². The largest absolute Gasteiger partial charge is 0.381 e. The molecule has 1 aliphatic heterocycles. The molecule has 0 aliphatic carbocycles. The first-order valence-electron chi connectivity index (χ1n) is 4.59. The molecule has 0 spiro atoms. The monoisotopic (exact) mass is 193 g/mol. The van der Waals surface area contributed by atoms with Crippen LogP contribution in [0.5, 0.6) is 0 Å². The zero-order valence-electron chi connectivity index (χ0n) is 7.68. The lowest BCUT2D eigenvalue weighted by Crippen LogP contribution is -1.97. The van der Waals surface area contributed by atoms with Gasteiger partial charge in [-0.2, -0.15) is 0 Å². The standard InChI is InChI=1S/C10H11NO3/c12-11(13)10-3-1-8(2-4-10)9-5-6-14-7-9/h1-4,9H,5-7H2. The molecule has 0 bridgehead atoms. The van der Waals surface area contributed by atoms with Crippen molar-refractivity contribution in [3.05, 3.63) is 39.9 Å². The lowest BCUT2D eigenvalue weighted by atomic mass is 9.98. The summed E-state index contributed by atoms with van der Waals surface area (Å²) in [5.74, 6) is 0.413. The summed E-state index contributed by atoms with van der Waals surface area (Å²) in [5.41, 5.74) is 1.28. The number of ether oxygens (including phenoxy) is 1. The minimum absolute atomic E-state index is 0.146. The van der Waals surface area contributed by atoms with E-state index in [0.29, 0.717) is 5.92 Å². The van der Waals surface area contributed by atoms with Crippen LogP contribution >= 0.6 is 0 Å². The fourth-order valence-electron chi connectivity index (χ4n) is 1.67. The summed E-state index contributed by atoms with van der Waals surface area (Å²) in [4.78, 5) is 10.0. The van der Waals surface area contributed by atoms with Gasteiger partial charge in [0, 0.05) is 24.7 Å². The molecule has 2 rings (SSSR count). The normalized spacial score (nSPS) is 21.0. The van der Waals surface area contributed by atoms with Crippen LogP contribution in [0.4, 0.5) is 5.69 Å². The molecule has 0 amide bonds. The van der Waals surface area contributed by atoms with Gasteiger partial charge in [0.05, 0.1) is 11.5 Å². The van der Waals surface area contributed by atoms with Crippen molar-refractivity contribution >= 4 is 5.69 Å². The summed E-state index contributed by atoms with van der Waals surface area (Å²) in [6, 6.07) is 6.73. The summed E-state index contributed by atoms with van der Waals surface area (Å²) in [7, 11) is 0. The zero-order valence-corrected chi connectivity index (χ0v) is 7.68. The Kier molecular flexibility index (Phi) is 2.45. The van der Waals surface area contributed by atoms with Gasteiger partial charge in [-0.1, -0.05) is 12.1 Å². The smallest absolute Gasteiger partial charge is 0.269 e. The number of nitrogens with zero attached hydrogens (tertiary/aromatic N) is 1. The van der Waals surface area contributed by atoms with Gasteiger partial charge < -0.3 is 4.74 Å². The van der Waals surface area contributed by atoms with E-state index in [1.54, 1.807) is 12.1 Å². The fourth-order valence-corrected chi connectivity index (χ4v) is 1.67. The molecule has 1 aliphatic rings. The molecule has 1 aromatic carbocycles. The molecule has 1 heterocycles. The molecule has 0 saturated carbocycles. The maximum absolute atomic E-state index is 10.4. The van der Waals surface area contributed by atoms with Crippen LogP contribution in [0.2, 0.25) is 0 Å². The van der Waals surface area contributed by atoms with E-state index >= 15 is 0 Å². The predicted molar refractivity (Wildman–Crippen MR) is 51.3 cm³/mol. The molecule has 74 valence electrons. The van der Waals surface area contributed by atoms with Crippen molar-refractivity contribution in [2.75, 3.05) is 13.2 Å². The summed E-state index contributed by atoms with van der Waals surface area (Å²) >= 11 is 0. The quantitative estimate of drug-likeness (QED) is 0.533. The van der Waals surface area contributed by atoms with E-state index in [-0.39, 0.29) is 10.6 Å². The van der Waals surface area contributed by atoms with Gasteiger partial charge in [0.25, 0.3) is 5.69 Å². The highest BCUT2D eigenvalue weighted by molar-refractivity contribution is 5.34. The minimum Gasteiger partial charge on any atom is -0.381 e. The molecule has 0 radical (unpaired) electrons. The molecule has 0 aromatic heterocycles. The third-order valence-electron chi connectivity index (χ3n) is 2.50. The molecule has 1 atom stereocenters. The van der Waals surface area contributed by atoms with Crippen LogP contribution in [0.3, 0.4) is 0 Å². The third kappa shape index (κ3) is 1.75. The molecule has 4 nitrogen and oxygen atoms in total. The molecular formula is C10H11NO3. The number of rotatable bonds is 2. The van der Waals surface area contributed by atoms with Crippen LogP contribution in [-0.2, 0) is 4.74 Å². The molecule has 1 aromatic rings. The first kappa shape index (κ1) is 9.15. The summed E-state index contributed by atoms with van der Waals surface area (Å²) < 4.78 is 5.26. The van der Waals surface area contributed by atoms with E-state index in [1.807, 2.05) is 12.1 Å². The Balaban J connectivity index is 2.16. The molecule has 4 heteroatoms. The Morgan fingerprint density at radius 2 is 2.07 bits per heavy atom. The number of benzene rings is 1. The van der Waals surface area contributed by atoms with Crippen molar-refractivity contribution in [1.82, 2.24) is 0 Å². The van der Waals surface area contributed by atoms with E-state index in [2.05, 4.69) is 0 Å². The SMILES string of the molecule is O=[N+]([O-])c1ccc(C2CCOC2)cc1. The molecule has 1 fully saturated rings. The van der Waals surface area contributed by atoms with Gasteiger partial charge in [-0.15, -0.1) is 0 Å². The first-order chi connectivity index (χ1) is 6.77. The van der Waals surface area contributed by atoms with Crippen LogP contribution in [0, 0.1) is 10.1 Å². The summed E-state index contributed by atoms with van der Waals surface area (Å²) in [5, 5.41) is 10.4. The van der Waals surface area contributed by atoms with E-state index in [0.717, 1.165) is 25.2 Å². The second-order valence-corrected chi connectivity index (χ2v) is 3.41. The van der Waals surface area contributed by atoms with Crippen molar-refractivity contribution in [3.63, 3.8) is 0 Å². The van der Waals surface area contributed by atoms with Crippen molar-refractivity contribution in [3.8, 4) is 0 Å². The molecule has 0 N–H and O–H groups in total. The van der Waals surface area contributed by atoms with Gasteiger partial charge >= 0.3 is 0 Å². The van der Waals surface area contributed by atoms with Crippen LogP contribution in [-0.4, -0.2) is 18.1 Å². The van der Waals surface area contributed by atoms with Gasteiger partial charge in [-0.05, 0) is 12.0 Å². The average Bonchev–Trinajstić information content (AvgIpc) is 2.71.